The molecule has 3 rings (SSSR count). The molecule has 0 amide bonds. The van der Waals surface area contributed by atoms with Gasteiger partial charge >= 0.3 is 0 Å². The minimum Gasteiger partial charge on any atom is -0.495 e. The third kappa shape index (κ3) is 4.32. The quantitative estimate of drug-likeness (QED) is 0.365. The summed E-state index contributed by atoms with van der Waals surface area (Å²) in [6, 6.07) is 10.6. The molecular formula is C22H30N4O2. The van der Waals surface area contributed by atoms with E-state index in [-0.39, 0.29) is 0 Å². The Hall–Kier alpha value is -2.89. The predicted molar refractivity (Wildman–Crippen MR) is 115 cm³/mol. The zero-order valence-electron chi connectivity index (χ0n) is 17.4. The minimum absolute atomic E-state index is 0.446. The van der Waals surface area contributed by atoms with E-state index in [0.29, 0.717) is 5.96 Å². The molecule has 1 aliphatic heterocycles. The summed E-state index contributed by atoms with van der Waals surface area (Å²) in [6.07, 6.45) is 0. The fraction of sp³-hybridized carbons (Fsp3) is 0.409. The molecule has 0 atom stereocenters. The molecule has 0 bridgehead atoms. The Morgan fingerprint density at radius 3 is 2.11 bits per heavy atom. The maximum absolute atomic E-state index is 9.61. The summed E-state index contributed by atoms with van der Waals surface area (Å²) >= 11 is 0. The highest BCUT2D eigenvalue weighted by Gasteiger charge is 2.22. The van der Waals surface area contributed by atoms with Crippen LogP contribution in [0.3, 0.4) is 0 Å². The molecule has 2 aromatic rings. The molecule has 2 N–H and O–H groups in total. The molecule has 150 valence electrons. The fourth-order valence-corrected chi connectivity index (χ4v) is 3.65. The Bertz CT molecular complexity index is 851. The molecule has 1 heterocycles. The lowest BCUT2D eigenvalue weighted by molar-refractivity contribution is 0.295. The van der Waals surface area contributed by atoms with Crippen molar-refractivity contribution in [1.29, 1.82) is 0 Å². The molecule has 1 aliphatic rings. The van der Waals surface area contributed by atoms with E-state index in [1.165, 1.54) is 16.8 Å². The lowest BCUT2D eigenvalue weighted by Gasteiger charge is -2.37. The molecule has 0 spiro atoms. The SMILES string of the molecule is COc1cc(C)c(C)cc1NC(=NO)N1CCN(c2cc(C)cc(C)c2)CC1. The number of guanidine groups is 1. The fourth-order valence-electron chi connectivity index (χ4n) is 3.65. The Kier molecular flexibility index (Phi) is 5.97. The van der Waals surface area contributed by atoms with Crippen LogP contribution in [-0.4, -0.2) is 49.4 Å². The van der Waals surface area contributed by atoms with Gasteiger partial charge in [-0.05, 0) is 74.2 Å². The second-order valence-corrected chi connectivity index (χ2v) is 7.51. The van der Waals surface area contributed by atoms with Gasteiger partial charge in [0.25, 0.3) is 0 Å². The van der Waals surface area contributed by atoms with Crippen molar-refractivity contribution >= 4 is 17.3 Å². The van der Waals surface area contributed by atoms with Crippen LogP contribution in [0.5, 0.6) is 5.75 Å². The van der Waals surface area contributed by atoms with E-state index in [2.05, 4.69) is 66.2 Å². The van der Waals surface area contributed by atoms with Crippen LogP contribution in [0.25, 0.3) is 0 Å². The maximum atomic E-state index is 9.61. The Labute approximate surface area is 167 Å². The van der Waals surface area contributed by atoms with Crippen LogP contribution < -0.4 is 15.0 Å². The van der Waals surface area contributed by atoms with Gasteiger partial charge in [-0.2, -0.15) is 0 Å². The van der Waals surface area contributed by atoms with Gasteiger partial charge in [0.05, 0.1) is 12.8 Å². The number of anilines is 2. The van der Waals surface area contributed by atoms with Gasteiger partial charge in [-0.15, -0.1) is 0 Å². The summed E-state index contributed by atoms with van der Waals surface area (Å²) in [7, 11) is 1.65. The number of oxime groups is 1. The van der Waals surface area contributed by atoms with E-state index >= 15 is 0 Å². The highest BCUT2D eigenvalue weighted by molar-refractivity contribution is 5.95. The van der Waals surface area contributed by atoms with Gasteiger partial charge in [0.1, 0.15) is 5.75 Å². The zero-order chi connectivity index (χ0) is 20.3. The van der Waals surface area contributed by atoms with Crippen molar-refractivity contribution in [2.75, 3.05) is 43.5 Å². The summed E-state index contributed by atoms with van der Waals surface area (Å²) in [5, 5.41) is 16.4. The molecular weight excluding hydrogens is 352 g/mol. The summed E-state index contributed by atoms with van der Waals surface area (Å²) in [5.74, 6) is 1.18. The molecule has 1 fully saturated rings. The van der Waals surface area contributed by atoms with Gasteiger partial charge in [0.15, 0.2) is 0 Å². The molecule has 6 heteroatoms. The van der Waals surface area contributed by atoms with E-state index in [0.717, 1.165) is 48.7 Å². The molecule has 0 aliphatic carbocycles. The number of benzene rings is 2. The lowest BCUT2D eigenvalue weighted by atomic mass is 10.1. The first-order valence-corrected chi connectivity index (χ1v) is 9.63. The molecule has 0 aromatic heterocycles. The van der Waals surface area contributed by atoms with Crippen molar-refractivity contribution in [3.63, 3.8) is 0 Å². The van der Waals surface area contributed by atoms with E-state index < -0.39 is 0 Å². The van der Waals surface area contributed by atoms with Gasteiger partial charge in [-0.1, -0.05) is 11.2 Å². The largest absolute Gasteiger partial charge is 0.495 e. The molecule has 0 unspecified atom stereocenters. The van der Waals surface area contributed by atoms with Crippen molar-refractivity contribution < 1.29 is 9.94 Å². The number of hydrogen-bond donors (Lipinski definition) is 2. The predicted octanol–water partition coefficient (Wildman–Crippen LogP) is 3.91. The average Bonchev–Trinajstić information content (AvgIpc) is 2.68. The second-order valence-electron chi connectivity index (χ2n) is 7.51. The molecule has 0 saturated carbocycles. The van der Waals surface area contributed by atoms with Gasteiger partial charge < -0.3 is 25.1 Å². The number of methoxy groups -OCH3 is 1. The van der Waals surface area contributed by atoms with Crippen LogP contribution in [0.4, 0.5) is 11.4 Å². The number of aryl methyl sites for hydroxylation is 4. The van der Waals surface area contributed by atoms with Crippen LogP contribution in [0.2, 0.25) is 0 Å². The Balaban J connectivity index is 1.70. The van der Waals surface area contributed by atoms with E-state index in [9.17, 15) is 5.21 Å². The Morgan fingerprint density at radius 2 is 1.54 bits per heavy atom. The molecule has 2 aromatic carbocycles. The minimum atomic E-state index is 0.446. The van der Waals surface area contributed by atoms with E-state index in [1.54, 1.807) is 7.11 Å². The van der Waals surface area contributed by atoms with Gasteiger partial charge in [-0.3, -0.25) is 0 Å². The first-order valence-electron chi connectivity index (χ1n) is 9.63. The highest BCUT2D eigenvalue weighted by atomic mass is 16.5. The summed E-state index contributed by atoms with van der Waals surface area (Å²) in [5.41, 5.74) is 6.92. The standard InChI is InChI=1S/C22H30N4O2/c1-15-10-16(2)12-19(11-15)25-6-8-26(9-7-25)22(24-27)23-20-13-17(3)18(4)14-21(20)28-5/h10-14,27H,6-9H2,1-5H3,(H,23,24). The monoisotopic (exact) mass is 382 g/mol. The number of piperazine rings is 1. The smallest absolute Gasteiger partial charge is 0.240 e. The summed E-state index contributed by atoms with van der Waals surface area (Å²) in [6.45, 7) is 11.6. The molecule has 1 saturated heterocycles. The third-order valence-electron chi connectivity index (χ3n) is 5.31. The van der Waals surface area contributed by atoms with Crippen LogP contribution in [0.15, 0.2) is 35.5 Å². The second kappa shape index (κ2) is 8.42. The van der Waals surface area contributed by atoms with Crippen LogP contribution >= 0.6 is 0 Å². The number of hydrogen-bond acceptors (Lipinski definition) is 4. The van der Waals surface area contributed by atoms with Crippen LogP contribution in [0, 0.1) is 27.7 Å². The third-order valence-corrected chi connectivity index (χ3v) is 5.31. The topological polar surface area (TPSA) is 60.3 Å². The number of nitrogens with one attached hydrogen (secondary N) is 1. The first kappa shape index (κ1) is 19.9. The van der Waals surface area contributed by atoms with Crippen LogP contribution in [-0.2, 0) is 0 Å². The molecule has 6 nitrogen and oxygen atoms in total. The number of ether oxygens (including phenoxy) is 1. The van der Waals surface area contributed by atoms with Crippen LogP contribution in [0.1, 0.15) is 22.3 Å². The lowest BCUT2D eigenvalue weighted by Crippen LogP contribution is -2.50. The van der Waals surface area contributed by atoms with Crippen molar-refractivity contribution in [2.45, 2.75) is 27.7 Å². The van der Waals surface area contributed by atoms with Crippen molar-refractivity contribution in [3.8, 4) is 5.75 Å². The van der Waals surface area contributed by atoms with Gasteiger partial charge in [-0.25, -0.2) is 0 Å². The molecule has 0 radical (unpaired) electrons. The summed E-state index contributed by atoms with van der Waals surface area (Å²) in [4.78, 5) is 4.44. The number of nitrogens with zero attached hydrogens (tertiary/aromatic N) is 3. The maximum Gasteiger partial charge on any atom is 0.240 e. The normalized spacial score (nSPS) is 15.0. The van der Waals surface area contributed by atoms with Crippen molar-refractivity contribution in [1.82, 2.24) is 4.90 Å². The highest BCUT2D eigenvalue weighted by Crippen LogP contribution is 2.28. The van der Waals surface area contributed by atoms with Gasteiger partial charge in [0, 0.05) is 31.9 Å². The first-order chi connectivity index (χ1) is 13.4. The van der Waals surface area contributed by atoms with E-state index in [4.69, 9.17) is 4.74 Å². The van der Waals surface area contributed by atoms with Gasteiger partial charge in [0.2, 0.25) is 5.96 Å². The van der Waals surface area contributed by atoms with Crippen molar-refractivity contribution in [3.05, 3.63) is 52.6 Å². The Morgan fingerprint density at radius 1 is 0.929 bits per heavy atom. The van der Waals surface area contributed by atoms with Crippen molar-refractivity contribution in [2.24, 2.45) is 5.16 Å². The average molecular weight is 383 g/mol. The molecule has 28 heavy (non-hydrogen) atoms. The number of rotatable bonds is 3. The summed E-state index contributed by atoms with van der Waals surface area (Å²) < 4.78 is 5.49. The van der Waals surface area contributed by atoms with E-state index in [1.807, 2.05) is 12.1 Å². The zero-order valence-corrected chi connectivity index (χ0v) is 17.4.